The van der Waals surface area contributed by atoms with Crippen molar-refractivity contribution in [2.24, 2.45) is 11.8 Å². The molecular weight excluding hydrogens is 330 g/mol. The highest BCUT2D eigenvalue weighted by Crippen LogP contribution is 2.36. The Morgan fingerprint density at radius 1 is 1.23 bits per heavy atom. The minimum absolute atomic E-state index is 0.0412. The topological polar surface area (TPSA) is 66.7 Å². The van der Waals surface area contributed by atoms with Crippen molar-refractivity contribution in [2.45, 2.75) is 64.3 Å². The first-order valence-corrected chi connectivity index (χ1v) is 10.1. The second-order valence-electron chi connectivity index (χ2n) is 8.51. The highest BCUT2D eigenvalue weighted by Gasteiger charge is 2.40. The van der Waals surface area contributed by atoms with Gasteiger partial charge in [-0.3, -0.25) is 9.59 Å². The number of piperidine rings is 2. The molecule has 142 valence electrons. The molecule has 2 unspecified atom stereocenters. The normalized spacial score (nSPS) is 26.1. The summed E-state index contributed by atoms with van der Waals surface area (Å²) in [5.74, 6) is 2.28. The minimum atomic E-state index is -0.0412. The average molecular weight is 359 g/mol. The lowest BCUT2D eigenvalue weighted by Crippen LogP contribution is -2.56. The third kappa shape index (κ3) is 3.51. The van der Waals surface area contributed by atoms with E-state index in [9.17, 15) is 9.59 Å². The number of hydrogen-bond acceptors (Lipinski definition) is 4. The number of carbonyl (C=O) groups is 2. The summed E-state index contributed by atoms with van der Waals surface area (Å²) >= 11 is 0. The molecule has 1 aromatic rings. The molecular formula is C20H29N3O3. The van der Waals surface area contributed by atoms with Crippen molar-refractivity contribution in [1.29, 1.82) is 0 Å². The van der Waals surface area contributed by atoms with E-state index >= 15 is 0 Å². The van der Waals surface area contributed by atoms with Crippen molar-refractivity contribution in [3.05, 3.63) is 17.5 Å². The number of amides is 2. The van der Waals surface area contributed by atoms with Gasteiger partial charge in [0.25, 0.3) is 5.91 Å². The van der Waals surface area contributed by atoms with Crippen molar-refractivity contribution in [1.82, 2.24) is 15.0 Å². The SMILES string of the molecule is CC(C)c1cc(C(=O)N2CCC3C(CCCN3C(=O)CC3CC3)C2)no1. The van der Waals surface area contributed by atoms with Gasteiger partial charge in [0.05, 0.1) is 0 Å². The molecule has 0 bridgehead atoms. The van der Waals surface area contributed by atoms with Gasteiger partial charge in [-0.2, -0.15) is 0 Å². The maximum Gasteiger partial charge on any atom is 0.276 e. The summed E-state index contributed by atoms with van der Waals surface area (Å²) in [5.41, 5.74) is 0.407. The van der Waals surface area contributed by atoms with Gasteiger partial charge in [0.1, 0.15) is 5.76 Å². The molecule has 0 radical (unpaired) electrons. The van der Waals surface area contributed by atoms with Crippen LogP contribution < -0.4 is 0 Å². The van der Waals surface area contributed by atoms with Gasteiger partial charge in [-0.1, -0.05) is 19.0 Å². The Morgan fingerprint density at radius 3 is 2.73 bits per heavy atom. The molecule has 2 amide bonds. The fourth-order valence-corrected chi connectivity index (χ4v) is 4.41. The first-order valence-electron chi connectivity index (χ1n) is 10.1. The summed E-state index contributed by atoms with van der Waals surface area (Å²) < 4.78 is 5.29. The van der Waals surface area contributed by atoms with Gasteiger partial charge < -0.3 is 14.3 Å². The van der Waals surface area contributed by atoms with E-state index in [0.717, 1.165) is 44.5 Å². The number of likely N-dealkylation sites (tertiary alicyclic amines) is 2. The zero-order valence-electron chi connectivity index (χ0n) is 15.8. The number of aromatic nitrogens is 1. The van der Waals surface area contributed by atoms with E-state index < -0.39 is 0 Å². The van der Waals surface area contributed by atoms with E-state index in [-0.39, 0.29) is 11.8 Å². The van der Waals surface area contributed by atoms with Gasteiger partial charge in [-0.05, 0) is 43.9 Å². The third-order valence-corrected chi connectivity index (χ3v) is 6.15. The van der Waals surface area contributed by atoms with Crippen LogP contribution in [-0.2, 0) is 4.79 Å². The largest absolute Gasteiger partial charge is 0.360 e. The van der Waals surface area contributed by atoms with E-state index in [1.807, 2.05) is 18.7 Å². The van der Waals surface area contributed by atoms with Crippen LogP contribution in [0.2, 0.25) is 0 Å². The van der Waals surface area contributed by atoms with Crippen LogP contribution in [0, 0.1) is 11.8 Å². The van der Waals surface area contributed by atoms with Crippen LogP contribution in [0.4, 0.5) is 0 Å². The molecule has 6 heteroatoms. The minimum Gasteiger partial charge on any atom is -0.360 e. The van der Waals surface area contributed by atoms with E-state index in [1.165, 1.54) is 12.8 Å². The van der Waals surface area contributed by atoms with Crippen LogP contribution in [0.3, 0.4) is 0 Å². The molecule has 26 heavy (non-hydrogen) atoms. The zero-order chi connectivity index (χ0) is 18.3. The van der Waals surface area contributed by atoms with E-state index in [4.69, 9.17) is 4.52 Å². The second-order valence-corrected chi connectivity index (χ2v) is 8.51. The third-order valence-electron chi connectivity index (χ3n) is 6.15. The van der Waals surface area contributed by atoms with Crippen molar-refractivity contribution in [3.8, 4) is 0 Å². The average Bonchev–Trinajstić information content (AvgIpc) is 3.31. The van der Waals surface area contributed by atoms with Gasteiger partial charge >= 0.3 is 0 Å². The summed E-state index contributed by atoms with van der Waals surface area (Å²) in [6.07, 6.45) is 6.17. The Balaban J connectivity index is 1.40. The molecule has 2 aliphatic heterocycles. The summed E-state index contributed by atoms with van der Waals surface area (Å²) in [6, 6.07) is 2.08. The lowest BCUT2D eigenvalue weighted by atomic mass is 9.83. The van der Waals surface area contributed by atoms with Crippen LogP contribution in [0.15, 0.2) is 10.6 Å². The van der Waals surface area contributed by atoms with Crippen LogP contribution in [0.1, 0.15) is 74.5 Å². The second kappa shape index (κ2) is 7.05. The highest BCUT2D eigenvalue weighted by atomic mass is 16.5. The van der Waals surface area contributed by atoms with E-state index in [0.29, 0.717) is 36.0 Å². The monoisotopic (exact) mass is 359 g/mol. The number of fused-ring (bicyclic) bond motifs is 1. The summed E-state index contributed by atoms with van der Waals surface area (Å²) in [4.78, 5) is 29.5. The first kappa shape index (κ1) is 17.6. The Labute approximate surface area is 154 Å². The molecule has 0 N–H and O–H groups in total. The molecule has 2 atom stereocenters. The zero-order valence-corrected chi connectivity index (χ0v) is 15.8. The van der Waals surface area contributed by atoms with Crippen LogP contribution in [-0.4, -0.2) is 52.4 Å². The Bertz CT molecular complexity index is 680. The number of carbonyl (C=O) groups excluding carboxylic acids is 2. The molecule has 3 heterocycles. The number of nitrogens with zero attached hydrogens (tertiary/aromatic N) is 3. The lowest BCUT2D eigenvalue weighted by Gasteiger charge is -2.47. The van der Waals surface area contributed by atoms with E-state index in [2.05, 4.69) is 10.1 Å². The predicted molar refractivity (Wildman–Crippen MR) is 96.7 cm³/mol. The lowest BCUT2D eigenvalue weighted by molar-refractivity contribution is -0.138. The van der Waals surface area contributed by atoms with E-state index in [1.54, 1.807) is 6.07 Å². The highest BCUT2D eigenvalue weighted by molar-refractivity contribution is 5.92. The van der Waals surface area contributed by atoms with Crippen molar-refractivity contribution in [3.63, 3.8) is 0 Å². The van der Waals surface area contributed by atoms with Gasteiger partial charge in [-0.25, -0.2) is 0 Å². The Kier molecular flexibility index (Phi) is 4.76. The van der Waals surface area contributed by atoms with Crippen LogP contribution in [0.5, 0.6) is 0 Å². The van der Waals surface area contributed by atoms with Gasteiger partial charge in [0, 0.05) is 44.1 Å². The van der Waals surface area contributed by atoms with Gasteiger partial charge in [0.2, 0.25) is 5.91 Å². The molecule has 0 aromatic carbocycles. The molecule has 1 aromatic heterocycles. The standard InChI is InChI=1S/C20H29N3O3/c1-13(2)18-11-16(21-26-18)20(25)22-9-7-17-15(12-22)4-3-8-23(17)19(24)10-14-5-6-14/h11,13-15,17H,3-10,12H2,1-2H3. The van der Waals surface area contributed by atoms with Crippen molar-refractivity contribution >= 4 is 11.8 Å². The van der Waals surface area contributed by atoms with Gasteiger partial charge in [-0.15, -0.1) is 0 Å². The predicted octanol–water partition coefficient (Wildman–Crippen LogP) is 3.05. The molecule has 1 saturated carbocycles. The van der Waals surface area contributed by atoms with Crippen LogP contribution in [0.25, 0.3) is 0 Å². The molecule has 0 spiro atoms. The molecule has 4 rings (SSSR count). The maximum absolute atomic E-state index is 12.8. The smallest absolute Gasteiger partial charge is 0.276 e. The first-order chi connectivity index (χ1) is 12.5. The summed E-state index contributed by atoms with van der Waals surface area (Å²) in [5, 5.41) is 3.97. The summed E-state index contributed by atoms with van der Waals surface area (Å²) in [7, 11) is 0. The molecule has 6 nitrogen and oxygen atoms in total. The van der Waals surface area contributed by atoms with Crippen molar-refractivity contribution in [2.75, 3.05) is 19.6 Å². The summed E-state index contributed by atoms with van der Waals surface area (Å²) in [6.45, 7) is 6.35. The fraction of sp³-hybridized carbons (Fsp3) is 0.750. The number of hydrogen-bond donors (Lipinski definition) is 0. The Morgan fingerprint density at radius 2 is 2.04 bits per heavy atom. The quantitative estimate of drug-likeness (QED) is 0.829. The molecule has 2 saturated heterocycles. The van der Waals surface area contributed by atoms with Gasteiger partial charge in [0.15, 0.2) is 5.69 Å². The van der Waals surface area contributed by atoms with Crippen LogP contribution >= 0.6 is 0 Å². The molecule has 3 aliphatic rings. The molecule has 3 fully saturated rings. The number of rotatable bonds is 4. The maximum atomic E-state index is 12.8. The van der Waals surface area contributed by atoms with Crippen molar-refractivity contribution < 1.29 is 14.1 Å². The Hall–Kier alpha value is -1.85. The fourth-order valence-electron chi connectivity index (χ4n) is 4.41. The molecule has 1 aliphatic carbocycles.